The van der Waals surface area contributed by atoms with Gasteiger partial charge in [0.05, 0.1) is 28.5 Å². The molecule has 0 aliphatic carbocycles. The van der Waals surface area contributed by atoms with E-state index in [-0.39, 0.29) is 5.75 Å². The van der Waals surface area contributed by atoms with Crippen LogP contribution in [0.2, 0.25) is 0 Å². The van der Waals surface area contributed by atoms with Crippen LogP contribution in [0, 0.1) is 0 Å². The summed E-state index contributed by atoms with van der Waals surface area (Å²) in [4.78, 5) is 4.31. The minimum Gasteiger partial charge on any atom is -0.508 e. The smallest absolute Gasteiger partial charge is 0.124 e. The van der Waals surface area contributed by atoms with E-state index in [0.29, 0.717) is 17.1 Å². The summed E-state index contributed by atoms with van der Waals surface area (Å²) in [5, 5.41) is 13.8. The van der Waals surface area contributed by atoms with Crippen LogP contribution in [-0.2, 0) is 10.2 Å². The number of methoxy groups -OCH3 is 1. The minimum atomic E-state index is -1.53. The molecule has 6 nitrogen and oxygen atoms in total. The van der Waals surface area contributed by atoms with Gasteiger partial charge in [0.15, 0.2) is 0 Å². The van der Waals surface area contributed by atoms with Crippen molar-refractivity contribution < 1.29 is 14.1 Å². The Morgan fingerprint density at radius 3 is 2.83 bits per heavy atom. The van der Waals surface area contributed by atoms with E-state index in [1.165, 1.54) is 13.2 Å². The lowest BCUT2D eigenvalue weighted by Gasteiger charge is -2.11. The molecule has 1 aromatic heterocycles. The van der Waals surface area contributed by atoms with Crippen molar-refractivity contribution in [2.75, 3.05) is 12.4 Å². The van der Waals surface area contributed by atoms with Crippen LogP contribution < -0.4 is 10.1 Å². The van der Waals surface area contributed by atoms with Gasteiger partial charge in [-0.3, -0.25) is 4.98 Å². The average Bonchev–Trinajstić information content (AvgIpc) is 2.54. The van der Waals surface area contributed by atoms with Crippen LogP contribution in [0.3, 0.4) is 0 Å². The number of benzene rings is 2. The predicted molar refractivity (Wildman–Crippen MR) is 97.0 cm³/mol. The molecule has 3 rings (SSSR count). The third kappa shape index (κ3) is 3.47. The number of hydrogen-bond donors (Lipinski definition) is 2. The molecule has 0 bridgehead atoms. The number of phenolic OH excluding ortho intramolecular Hbond substituents is 1. The van der Waals surface area contributed by atoms with Crippen LogP contribution >= 0.6 is 0 Å². The summed E-state index contributed by atoms with van der Waals surface area (Å²) in [5.74, 6) is 4.00. The van der Waals surface area contributed by atoms with E-state index < -0.39 is 10.2 Å². The number of nitrogens with one attached hydrogen (secondary N) is 1. The number of ether oxygens (including phenoxy) is 1. The topological polar surface area (TPSA) is 83.8 Å². The number of aromatic nitrogens is 1. The summed E-state index contributed by atoms with van der Waals surface area (Å²) < 4.78 is 20.3. The molecule has 0 unspecified atom stereocenters. The molecule has 3 aromatic rings. The Kier molecular flexibility index (Phi) is 4.35. The molecule has 0 fully saturated rings. The van der Waals surface area contributed by atoms with Crippen molar-refractivity contribution in [3.05, 3.63) is 48.7 Å². The maximum absolute atomic E-state index is 11.2. The number of phenols is 1. The number of hydrogen-bond acceptors (Lipinski definition) is 6. The number of pyridine rings is 1. The van der Waals surface area contributed by atoms with Crippen molar-refractivity contribution in [3.63, 3.8) is 0 Å². The molecule has 0 radical (unpaired) electrons. The van der Waals surface area contributed by atoms with Crippen molar-refractivity contribution in [1.82, 2.24) is 4.98 Å². The van der Waals surface area contributed by atoms with Gasteiger partial charge < -0.3 is 15.2 Å². The van der Waals surface area contributed by atoms with Gasteiger partial charge in [-0.1, -0.05) is 0 Å². The van der Waals surface area contributed by atoms with E-state index in [4.69, 9.17) is 4.74 Å². The first kappa shape index (κ1) is 15.8. The van der Waals surface area contributed by atoms with Gasteiger partial charge in [0.2, 0.25) is 0 Å². The Balaban J connectivity index is 2.09. The van der Waals surface area contributed by atoms with Crippen molar-refractivity contribution in [2.24, 2.45) is 4.36 Å². The van der Waals surface area contributed by atoms with Crippen LogP contribution in [0.5, 0.6) is 11.5 Å². The van der Waals surface area contributed by atoms with Gasteiger partial charge in [0, 0.05) is 47.0 Å². The molecule has 0 aliphatic rings. The molecule has 7 heteroatoms. The minimum absolute atomic E-state index is 0.0957. The van der Waals surface area contributed by atoms with Crippen LogP contribution in [0.15, 0.2) is 53.0 Å². The molecule has 0 atom stereocenters. The number of nitrogens with zero attached hydrogens (tertiary/aromatic N) is 2. The van der Waals surface area contributed by atoms with Crippen molar-refractivity contribution in [1.29, 1.82) is 0 Å². The first-order valence-corrected chi connectivity index (χ1v) is 8.30. The normalized spacial score (nSPS) is 10.4. The molecule has 122 valence electrons. The third-order valence-electron chi connectivity index (χ3n) is 3.34. The van der Waals surface area contributed by atoms with E-state index in [1.54, 1.807) is 36.5 Å². The Labute approximate surface area is 140 Å². The summed E-state index contributed by atoms with van der Waals surface area (Å²) in [6.07, 6.45) is 1.68. The molecule has 0 spiro atoms. The fourth-order valence-electron chi connectivity index (χ4n) is 2.35. The lowest BCUT2D eigenvalue weighted by Crippen LogP contribution is -1.93. The highest BCUT2D eigenvalue weighted by atomic mass is 32.2. The summed E-state index contributed by atoms with van der Waals surface area (Å²) >= 11 is 0. The standard InChI is InChI=1S/C17H15N3O3S/c1-23-14-8-12(7-13(21)10-14)19-17-5-6-18-16-4-3-11(9-15(16)17)20-24(2)22/h3-10,21H,2H2,1H3,(H,18,19). The Morgan fingerprint density at radius 1 is 1.25 bits per heavy atom. The number of anilines is 2. The molecule has 24 heavy (non-hydrogen) atoms. The summed E-state index contributed by atoms with van der Waals surface area (Å²) in [7, 11) is 0.00794. The Morgan fingerprint density at radius 2 is 2.08 bits per heavy atom. The summed E-state index contributed by atoms with van der Waals surface area (Å²) in [5.41, 5.74) is 2.77. The number of aromatic hydroxyl groups is 1. The van der Waals surface area contributed by atoms with E-state index in [9.17, 15) is 9.32 Å². The molecule has 0 saturated carbocycles. The van der Waals surface area contributed by atoms with E-state index >= 15 is 0 Å². The zero-order valence-corrected chi connectivity index (χ0v) is 13.7. The zero-order chi connectivity index (χ0) is 17.1. The lowest BCUT2D eigenvalue weighted by molar-refractivity contribution is 0.408. The second-order valence-electron chi connectivity index (χ2n) is 5.02. The van der Waals surface area contributed by atoms with E-state index in [2.05, 4.69) is 20.5 Å². The van der Waals surface area contributed by atoms with Crippen molar-refractivity contribution in [3.8, 4) is 11.5 Å². The third-order valence-corrected chi connectivity index (χ3v) is 3.75. The fraction of sp³-hybridized carbons (Fsp3) is 0.0588. The van der Waals surface area contributed by atoms with Crippen LogP contribution in [0.1, 0.15) is 0 Å². The van der Waals surface area contributed by atoms with Gasteiger partial charge in [-0.05, 0) is 24.3 Å². The predicted octanol–water partition coefficient (Wildman–Crippen LogP) is 3.69. The first-order chi connectivity index (χ1) is 11.5. The quantitative estimate of drug-likeness (QED) is 0.707. The maximum Gasteiger partial charge on any atom is 0.124 e. The van der Waals surface area contributed by atoms with E-state index in [0.717, 1.165) is 16.6 Å². The molecule has 0 saturated heterocycles. The number of fused-ring (bicyclic) bond motifs is 1. The van der Waals surface area contributed by atoms with Crippen molar-refractivity contribution in [2.45, 2.75) is 0 Å². The van der Waals surface area contributed by atoms with Crippen LogP contribution in [0.25, 0.3) is 10.9 Å². The molecule has 0 amide bonds. The molecule has 0 aliphatic heterocycles. The molecule has 2 aromatic carbocycles. The van der Waals surface area contributed by atoms with Gasteiger partial charge in [0.25, 0.3) is 0 Å². The van der Waals surface area contributed by atoms with Crippen LogP contribution in [-0.4, -0.2) is 27.3 Å². The van der Waals surface area contributed by atoms with Gasteiger partial charge in [0.1, 0.15) is 11.5 Å². The molecule has 2 N–H and O–H groups in total. The van der Waals surface area contributed by atoms with Crippen molar-refractivity contribution >= 4 is 44.0 Å². The van der Waals surface area contributed by atoms with Gasteiger partial charge in [-0.25, -0.2) is 4.21 Å². The summed E-state index contributed by atoms with van der Waals surface area (Å²) in [6.45, 7) is 0. The first-order valence-electron chi connectivity index (χ1n) is 7.02. The highest BCUT2D eigenvalue weighted by Gasteiger charge is 2.06. The SMILES string of the molecule is C=S(=O)=Nc1ccc2nccc(Nc3cc(O)cc(OC)c3)c2c1. The molecular weight excluding hydrogens is 326 g/mol. The second-order valence-corrected chi connectivity index (χ2v) is 5.84. The summed E-state index contributed by atoms with van der Waals surface area (Å²) in [6, 6.07) is 12.0. The maximum atomic E-state index is 11.2. The lowest BCUT2D eigenvalue weighted by atomic mass is 10.1. The zero-order valence-electron chi connectivity index (χ0n) is 12.9. The Bertz CT molecular complexity index is 1040. The van der Waals surface area contributed by atoms with Gasteiger partial charge in [-0.15, -0.1) is 0 Å². The largest absolute Gasteiger partial charge is 0.508 e. The molecular formula is C17H15N3O3S. The monoisotopic (exact) mass is 341 g/mol. The highest BCUT2D eigenvalue weighted by molar-refractivity contribution is 7.72. The van der Waals surface area contributed by atoms with Crippen LogP contribution in [0.4, 0.5) is 17.1 Å². The number of rotatable bonds is 4. The van der Waals surface area contributed by atoms with Gasteiger partial charge >= 0.3 is 0 Å². The van der Waals surface area contributed by atoms with Gasteiger partial charge in [-0.2, -0.15) is 4.36 Å². The fourth-order valence-corrected chi connectivity index (χ4v) is 2.70. The molecule has 1 heterocycles. The van der Waals surface area contributed by atoms with E-state index in [1.807, 2.05) is 6.07 Å². The highest BCUT2D eigenvalue weighted by Crippen LogP contribution is 2.31. The Hall–Kier alpha value is -3.06. The average molecular weight is 341 g/mol. The second kappa shape index (κ2) is 6.59.